The van der Waals surface area contributed by atoms with Crippen LogP contribution in [0.3, 0.4) is 0 Å². The standard InChI is InChI=1S/C23H32N4O6S/c1-5-27(6-2)34(31,32)17-7-8-20-18(13-17)19(14-21(28)24-20)22(29)25-9-11-26(12-10-25)23(30)33-15-16(3)4/h7-8,13-14,16H,5-6,9-12,15H2,1-4H3,(H,24,28). The number of carbonyl (C=O) groups excluding carboxylic acids is 2. The van der Waals surface area contributed by atoms with Crippen molar-refractivity contribution in [1.82, 2.24) is 19.1 Å². The van der Waals surface area contributed by atoms with E-state index in [0.717, 1.165) is 0 Å². The molecule has 2 aromatic rings. The minimum atomic E-state index is -3.74. The number of hydrogen-bond donors (Lipinski definition) is 1. The number of H-pyrrole nitrogens is 1. The molecule has 0 bridgehead atoms. The predicted octanol–water partition coefficient (Wildman–Crippen LogP) is 2.11. The number of fused-ring (bicyclic) bond motifs is 1. The van der Waals surface area contributed by atoms with Crippen LogP contribution in [0.2, 0.25) is 0 Å². The van der Waals surface area contributed by atoms with Crippen LogP contribution < -0.4 is 5.56 Å². The van der Waals surface area contributed by atoms with E-state index in [4.69, 9.17) is 4.74 Å². The summed E-state index contributed by atoms with van der Waals surface area (Å²) in [6.07, 6.45) is -0.409. The van der Waals surface area contributed by atoms with Crippen molar-refractivity contribution in [2.24, 2.45) is 5.92 Å². The van der Waals surface area contributed by atoms with Crippen molar-refractivity contribution < 1.29 is 22.7 Å². The van der Waals surface area contributed by atoms with E-state index in [2.05, 4.69) is 4.98 Å². The summed E-state index contributed by atoms with van der Waals surface area (Å²) < 4.78 is 32.6. The minimum absolute atomic E-state index is 0.0579. The van der Waals surface area contributed by atoms with Crippen LogP contribution >= 0.6 is 0 Å². The van der Waals surface area contributed by atoms with Crippen molar-refractivity contribution in [3.05, 3.63) is 40.2 Å². The number of ether oxygens (including phenoxy) is 1. The van der Waals surface area contributed by atoms with Crippen molar-refractivity contribution in [2.45, 2.75) is 32.6 Å². The second kappa shape index (κ2) is 10.6. The fourth-order valence-electron chi connectivity index (χ4n) is 3.87. The van der Waals surface area contributed by atoms with E-state index in [1.54, 1.807) is 23.6 Å². The van der Waals surface area contributed by atoms with Gasteiger partial charge in [-0.25, -0.2) is 13.2 Å². The van der Waals surface area contributed by atoms with E-state index in [-0.39, 0.29) is 35.4 Å². The van der Waals surface area contributed by atoms with Gasteiger partial charge in [0.25, 0.3) is 5.91 Å². The molecule has 3 rings (SSSR count). The molecule has 2 heterocycles. The number of nitrogens with zero attached hydrogens (tertiary/aromatic N) is 3. The van der Waals surface area contributed by atoms with Crippen molar-refractivity contribution in [3.8, 4) is 0 Å². The molecule has 2 amide bonds. The van der Waals surface area contributed by atoms with Crippen LogP contribution in [-0.2, 0) is 14.8 Å². The van der Waals surface area contributed by atoms with Crippen molar-refractivity contribution in [2.75, 3.05) is 45.9 Å². The molecular formula is C23H32N4O6S. The van der Waals surface area contributed by atoms with E-state index < -0.39 is 21.7 Å². The molecule has 0 aliphatic carbocycles. The van der Waals surface area contributed by atoms with Crippen LogP contribution in [-0.4, -0.2) is 85.4 Å². The van der Waals surface area contributed by atoms with Crippen molar-refractivity contribution in [3.63, 3.8) is 0 Å². The molecule has 1 N–H and O–H groups in total. The topological polar surface area (TPSA) is 120 Å². The SMILES string of the molecule is CCN(CC)S(=O)(=O)c1ccc2[nH]c(=O)cc(C(=O)N3CCN(C(=O)OCC(C)C)CC3)c2c1. The van der Waals surface area contributed by atoms with Gasteiger partial charge in [0.1, 0.15) is 0 Å². The Morgan fingerprint density at radius 2 is 1.68 bits per heavy atom. The Balaban J connectivity index is 1.87. The van der Waals surface area contributed by atoms with Gasteiger partial charge in [-0.3, -0.25) is 9.59 Å². The molecule has 1 saturated heterocycles. The molecule has 0 spiro atoms. The van der Waals surface area contributed by atoms with Gasteiger partial charge in [-0.05, 0) is 24.1 Å². The zero-order valence-corrected chi connectivity index (χ0v) is 20.9. The van der Waals surface area contributed by atoms with E-state index in [1.807, 2.05) is 13.8 Å². The molecule has 1 aromatic heterocycles. The van der Waals surface area contributed by atoms with Gasteiger partial charge in [0, 0.05) is 56.2 Å². The largest absolute Gasteiger partial charge is 0.449 e. The molecule has 34 heavy (non-hydrogen) atoms. The first-order valence-electron chi connectivity index (χ1n) is 11.5. The molecule has 0 atom stereocenters. The Labute approximate surface area is 199 Å². The van der Waals surface area contributed by atoms with Crippen molar-refractivity contribution >= 4 is 32.9 Å². The zero-order chi connectivity index (χ0) is 25.0. The fourth-order valence-corrected chi connectivity index (χ4v) is 5.36. The van der Waals surface area contributed by atoms with E-state index in [0.29, 0.717) is 43.7 Å². The van der Waals surface area contributed by atoms with Crippen molar-refractivity contribution in [1.29, 1.82) is 0 Å². The van der Waals surface area contributed by atoms with Crippen LogP contribution in [0.15, 0.2) is 34.0 Å². The molecule has 1 aliphatic rings. The lowest BCUT2D eigenvalue weighted by Gasteiger charge is -2.34. The molecule has 0 saturated carbocycles. The summed E-state index contributed by atoms with van der Waals surface area (Å²) in [7, 11) is -3.74. The van der Waals surface area contributed by atoms with E-state index >= 15 is 0 Å². The molecule has 1 fully saturated rings. The normalized spacial score (nSPS) is 14.8. The maximum Gasteiger partial charge on any atom is 0.409 e. The number of benzene rings is 1. The third-order valence-corrected chi connectivity index (χ3v) is 7.80. The molecule has 186 valence electrons. The third kappa shape index (κ3) is 5.41. The second-order valence-corrected chi connectivity index (χ2v) is 10.5. The summed E-state index contributed by atoms with van der Waals surface area (Å²) in [5.41, 5.74) is 0.0579. The van der Waals surface area contributed by atoms with Gasteiger partial charge >= 0.3 is 6.09 Å². The maximum atomic E-state index is 13.3. The van der Waals surface area contributed by atoms with Gasteiger partial charge in [-0.2, -0.15) is 4.31 Å². The number of hydrogen-bond acceptors (Lipinski definition) is 6. The predicted molar refractivity (Wildman–Crippen MR) is 128 cm³/mol. The quantitative estimate of drug-likeness (QED) is 0.632. The Morgan fingerprint density at radius 3 is 2.26 bits per heavy atom. The molecule has 1 aliphatic heterocycles. The Hall–Kier alpha value is -2.92. The Bertz CT molecular complexity index is 1210. The van der Waals surface area contributed by atoms with E-state index in [9.17, 15) is 22.8 Å². The van der Waals surface area contributed by atoms with Crippen LogP contribution in [0.5, 0.6) is 0 Å². The summed E-state index contributed by atoms with van der Waals surface area (Å²) in [6, 6.07) is 5.57. The molecule has 0 unspecified atom stereocenters. The van der Waals surface area contributed by atoms with Gasteiger partial charge < -0.3 is 19.5 Å². The first-order valence-corrected chi connectivity index (χ1v) is 12.9. The number of aromatic amines is 1. The molecule has 11 heteroatoms. The highest BCUT2D eigenvalue weighted by Gasteiger charge is 2.28. The van der Waals surface area contributed by atoms with Gasteiger partial charge in [0.2, 0.25) is 15.6 Å². The lowest BCUT2D eigenvalue weighted by atomic mass is 10.1. The molecular weight excluding hydrogens is 460 g/mol. The van der Waals surface area contributed by atoms with Gasteiger partial charge in [0.15, 0.2) is 0 Å². The molecule has 10 nitrogen and oxygen atoms in total. The first kappa shape index (κ1) is 25.7. The fraction of sp³-hybridized carbons (Fsp3) is 0.522. The highest BCUT2D eigenvalue weighted by atomic mass is 32.2. The summed E-state index contributed by atoms with van der Waals surface area (Å²) in [5.74, 6) is -0.157. The zero-order valence-electron chi connectivity index (χ0n) is 20.0. The number of rotatable bonds is 7. The summed E-state index contributed by atoms with van der Waals surface area (Å²) in [4.78, 5) is 43.6. The van der Waals surface area contributed by atoms with Crippen LogP contribution in [0.25, 0.3) is 10.9 Å². The average Bonchev–Trinajstić information content (AvgIpc) is 2.81. The maximum absolute atomic E-state index is 13.3. The molecule has 0 radical (unpaired) electrons. The minimum Gasteiger partial charge on any atom is -0.449 e. The second-order valence-electron chi connectivity index (χ2n) is 8.59. The highest BCUT2D eigenvalue weighted by Crippen LogP contribution is 2.24. The first-order chi connectivity index (χ1) is 16.1. The van der Waals surface area contributed by atoms with Gasteiger partial charge in [-0.1, -0.05) is 27.7 Å². The Kier molecular flexibility index (Phi) is 7.98. The highest BCUT2D eigenvalue weighted by molar-refractivity contribution is 7.89. The number of nitrogens with one attached hydrogen (secondary N) is 1. The summed E-state index contributed by atoms with van der Waals surface area (Å²) >= 11 is 0. The van der Waals surface area contributed by atoms with Crippen LogP contribution in [0, 0.1) is 5.92 Å². The lowest BCUT2D eigenvalue weighted by molar-refractivity contribution is 0.0536. The average molecular weight is 493 g/mol. The Morgan fingerprint density at radius 1 is 1.06 bits per heavy atom. The van der Waals surface area contributed by atoms with E-state index in [1.165, 1.54) is 28.6 Å². The van der Waals surface area contributed by atoms with Gasteiger partial charge in [-0.15, -0.1) is 0 Å². The number of pyridine rings is 1. The number of carbonyl (C=O) groups is 2. The number of amides is 2. The number of aromatic nitrogens is 1. The monoisotopic (exact) mass is 492 g/mol. The lowest BCUT2D eigenvalue weighted by Crippen LogP contribution is -2.51. The molecule has 1 aromatic carbocycles. The smallest absolute Gasteiger partial charge is 0.409 e. The number of piperazine rings is 1. The van der Waals surface area contributed by atoms with Crippen LogP contribution in [0.4, 0.5) is 4.79 Å². The summed E-state index contributed by atoms with van der Waals surface area (Å²) in [6.45, 7) is 9.56. The van der Waals surface area contributed by atoms with Crippen LogP contribution in [0.1, 0.15) is 38.1 Å². The number of sulfonamides is 1. The van der Waals surface area contributed by atoms with Gasteiger partial charge in [0.05, 0.1) is 17.1 Å². The summed E-state index contributed by atoms with van der Waals surface area (Å²) in [5, 5.41) is 0.358. The third-order valence-electron chi connectivity index (χ3n) is 5.75.